The van der Waals surface area contributed by atoms with E-state index in [1.165, 1.54) is 53.2 Å². The first-order valence-electron chi connectivity index (χ1n) is 22.5. The topological polar surface area (TPSA) is 38.6 Å². The Bertz CT molecular complexity index is 3960. The van der Waals surface area contributed by atoms with Crippen molar-refractivity contribution in [1.29, 1.82) is 5.26 Å². The number of nitriles is 1. The van der Waals surface area contributed by atoms with E-state index < -0.39 is 8.07 Å². The van der Waals surface area contributed by atoms with E-state index >= 15 is 0 Å². The number of hydrogen-bond donors (Lipinski definition) is 0. The van der Waals surface area contributed by atoms with Crippen LogP contribution < -0.4 is 20.7 Å². The van der Waals surface area contributed by atoms with Gasteiger partial charge in [0.15, 0.2) is 8.07 Å². The molecule has 13 aromatic rings. The van der Waals surface area contributed by atoms with Crippen molar-refractivity contribution in [3.8, 4) is 23.1 Å². The van der Waals surface area contributed by atoms with Gasteiger partial charge in [0.25, 0.3) is 0 Å². The number of nitrogens with zero attached hydrogens (tertiary/aromatic N) is 4. The van der Waals surface area contributed by atoms with Crippen molar-refractivity contribution >= 4 is 94.2 Å². The summed E-state index contributed by atoms with van der Waals surface area (Å²) in [4.78, 5) is 0. The fourth-order valence-corrected chi connectivity index (χ4v) is 15.9. The van der Waals surface area contributed by atoms with Crippen LogP contribution in [0.2, 0.25) is 0 Å². The van der Waals surface area contributed by atoms with Gasteiger partial charge < -0.3 is 13.7 Å². The zero-order valence-electron chi connectivity index (χ0n) is 35.9. The standard InChI is InChI=1S/C61H40N4Si/c62-41-42-34-36-51-49-26-10-14-30-55(49)65(60(51)38-42)59-33-17-32-58-61(59)52-28-12-15-31-56(52)64(58)44-35-37-57-53(40-44)50-27-11-13-29-54(50)63(57)43-18-16-25-48(39-43)66(45-19-4-1-5-20-45,46-21-6-2-7-22-46)47-23-8-3-9-24-47/h1-40H. The maximum Gasteiger partial charge on any atom is 0.179 e. The van der Waals surface area contributed by atoms with Crippen LogP contribution in [-0.4, -0.2) is 21.8 Å². The lowest BCUT2D eigenvalue weighted by Crippen LogP contribution is -2.74. The van der Waals surface area contributed by atoms with Crippen molar-refractivity contribution in [2.75, 3.05) is 0 Å². The highest BCUT2D eigenvalue weighted by atomic mass is 28.3. The minimum atomic E-state index is -2.77. The molecule has 0 amide bonds. The molecule has 4 nitrogen and oxygen atoms in total. The summed E-state index contributed by atoms with van der Waals surface area (Å²) < 4.78 is 7.23. The molecule has 3 aromatic heterocycles. The maximum absolute atomic E-state index is 9.99. The van der Waals surface area contributed by atoms with Crippen molar-refractivity contribution in [1.82, 2.24) is 13.7 Å². The van der Waals surface area contributed by atoms with E-state index in [-0.39, 0.29) is 0 Å². The summed E-state index contributed by atoms with van der Waals surface area (Å²) in [6.45, 7) is 0. The van der Waals surface area contributed by atoms with Crippen LogP contribution in [0.4, 0.5) is 0 Å². The van der Waals surface area contributed by atoms with Gasteiger partial charge in [0.2, 0.25) is 0 Å². The van der Waals surface area contributed by atoms with Crippen molar-refractivity contribution < 1.29 is 0 Å². The van der Waals surface area contributed by atoms with Crippen molar-refractivity contribution in [3.63, 3.8) is 0 Å². The lowest BCUT2D eigenvalue weighted by Gasteiger charge is -2.34. The van der Waals surface area contributed by atoms with Gasteiger partial charge in [-0.25, -0.2) is 0 Å². The number of aromatic nitrogens is 3. The van der Waals surface area contributed by atoms with Gasteiger partial charge >= 0.3 is 0 Å². The van der Waals surface area contributed by atoms with Crippen molar-refractivity contribution in [2.24, 2.45) is 0 Å². The van der Waals surface area contributed by atoms with E-state index in [4.69, 9.17) is 0 Å². The molecule has 0 N–H and O–H groups in total. The molecule has 0 saturated carbocycles. The van der Waals surface area contributed by atoms with Gasteiger partial charge in [0, 0.05) is 43.7 Å². The summed E-state index contributed by atoms with van der Waals surface area (Å²) >= 11 is 0. The molecule has 10 aromatic carbocycles. The number of para-hydroxylation sites is 3. The van der Waals surface area contributed by atoms with Crippen LogP contribution in [-0.2, 0) is 0 Å². The fourth-order valence-electron chi connectivity index (χ4n) is 11.1. The van der Waals surface area contributed by atoms with E-state index in [1.807, 2.05) is 12.1 Å². The molecule has 0 aliphatic carbocycles. The molecule has 3 heterocycles. The molecule has 0 fully saturated rings. The molecule has 0 aliphatic heterocycles. The average Bonchev–Trinajstić information content (AvgIpc) is 4.03. The highest BCUT2D eigenvalue weighted by Crippen LogP contribution is 2.41. The zero-order valence-corrected chi connectivity index (χ0v) is 36.9. The highest BCUT2D eigenvalue weighted by molar-refractivity contribution is 7.19. The van der Waals surface area contributed by atoms with Crippen LogP contribution in [0.25, 0.3) is 82.5 Å². The van der Waals surface area contributed by atoms with E-state index in [1.54, 1.807) is 0 Å². The fraction of sp³-hybridized carbons (Fsp3) is 0. The molecule has 13 rings (SSSR count). The van der Waals surface area contributed by atoms with Crippen LogP contribution in [0.5, 0.6) is 0 Å². The van der Waals surface area contributed by atoms with Crippen molar-refractivity contribution in [2.45, 2.75) is 0 Å². The maximum atomic E-state index is 9.99. The molecule has 66 heavy (non-hydrogen) atoms. The number of rotatable bonds is 7. The van der Waals surface area contributed by atoms with Gasteiger partial charge in [-0.2, -0.15) is 5.26 Å². The van der Waals surface area contributed by atoms with Crippen LogP contribution in [0, 0.1) is 11.3 Å². The van der Waals surface area contributed by atoms with Crippen LogP contribution >= 0.6 is 0 Å². The highest BCUT2D eigenvalue weighted by Gasteiger charge is 2.41. The van der Waals surface area contributed by atoms with Gasteiger partial charge in [-0.3, -0.25) is 0 Å². The average molecular weight is 857 g/mol. The molecular formula is C61H40N4Si. The van der Waals surface area contributed by atoms with Crippen LogP contribution in [0.1, 0.15) is 5.56 Å². The van der Waals surface area contributed by atoms with E-state index in [9.17, 15) is 5.26 Å². The van der Waals surface area contributed by atoms with E-state index in [0.29, 0.717) is 5.56 Å². The Labute approximate surface area is 382 Å². The number of hydrogen-bond acceptors (Lipinski definition) is 1. The van der Waals surface area contributed by atoms with Crippen LogP contribution in [0.3, 0.4) is 0 Å². The Morgan fingerprint density at radius 2 is 0.773 bits per heavy atom. The predicted molar refractivity (Wildman–Crippen MR) is 278 cm³/mol. The third kappa shape index (κ3) is 5.49. The van der Waals surface area contributed by atoms with Gasteiger partial charge in [0.1, 0.15) is 0 Å². The Morgan fingerprint density at radius 1 is 0.303 bits per heavy atom. The molecule has 0 atom stereocenters. The number of fused-ring (bicyclic) bond motifs is 9. The molecule has 0 aliphatic rings. The summed E-state index contributed by atoms with van der Waals surface area (Å²) in [5, 5.41) is 22.4. The molecule has 0 spiro atoms. The second-order valence-corrected chi connectivity index (χ2v) is 21.0. The van der Waals surface area contributed by atoms with Gasteiger partial charge in [-0.15, -0.1) is 0 Å². The van der Waals surface area contributed by atoms with Gasteiger partial charge in [-0.1, -0.05) is 170 Å². The van der Waals surface area contributed by atoms with Crippen molar-refractivity contribution in [3.05, 3.63) is 248 Å². The monoisotopic (exact) mass is 856 g/mol. The van der Waals surface area contributed by atoms with Gasteiger partial charge in [0.05, 0.1) is 50.4 Å². The third-order valence-electron chi connectivity index (χ3n) is 13.8. The second kappa shape index (κ2) is 15.0. The summed E-state index contributed by atoms with van der Waals surface area (Å²) in [7, 11) is -2.77. The molecule has 0 bridgehead atoms. The smallest absolute Gasteiger partial charge is 0.179 e. The van der Waals surface area contributed by atoms with E-state index in [0.717, 1.165) is 50.0 Å². The first kappa shape index (κ1) is 37.8. The van der Waals surface area contributed by atoms with Gasteiger partial charge in [-0.05, 0) is 93.5 Å². The third-order valence-corrected chi connectivity index (χ3v) is 18.6. The molecule has 0 saturated heterocycles. The number of benzene rings is 10. The molecule has 5 heteroatoms. The first-order valence-corrected chi connectivity index (χ1v) is 24.5. The lowest BCUT2D eigenvalue weighted by atomic mass is 10.1. The second-order valence-electron chi connectivity index (χ2n) is 17.2. The van der Waals surface area contributed by atoms with E-state index in [2.05, 4.69) is 250 Å². The zero-order chi connectivity index (χ0) is 43.8. The first-order chi connectivity index (χ1) is 32.7. The summed E-state index contributed by atoms with van der Waals surface area (Å²) in [6.07, 6.45) is 0. The molecule has 0 radical (unpaired) electrons. The summed E-state index contributed by atoms with van der Waals surface area (Å²) in [5.41, 5.74) is 10.7. The SMILES string of the molecule is N#Cc1ccc2c3ccccc3n(-c3cccc4c3c3ccccc3n4-c3ccc4c(c3)c3ccccc3n4-c3cccc([Si](c4ccccc4)(c4ccccc4)c4ccccc4)c3)c2c1. The lowest BCUT2D eigenvalue weighted by molar-refractivity contribution is 1.16. The Balaban J connectivity index is 1.04. The Kier molecular flexibility index (Phi) is 8.57. The predicted octanol–water partition coefficient (Wildman–Crippen LogP) is 12.2. The summed E-state index contributed by atoms with van der Waals surface area (Å²) in [5.74, 6) is 0. The van der Waals surface area contributed by atoms with Crippen LogP contribution in [0.15, 0.2) is 243 Å². The molecule has 0 unspecified atom stereocenters. The molecule has 308 valence electrons. The molecular weight excluding hydrogens is 817 g/mol. The quantitative estimate of drug-likeness (QED) is 0.116. The Hall–Kier alpha value is -8.69. The minimum absolute atomic E-state index is 0.644. The normalized spacial score (nSPS) is 11.9. The summed E-state index contributed by atoms with van der Waals surface area (Å²) in [6, 6.07) is 91.0. The minimum Gasteiger partial charge on any atom is -0.309 e. The largest absolute Gasteiger partial charge is 0.309 e. The Morgan fingerprint density at radius 3 is 1.42 bits per heavy atom.